The molecule has 268 valence electrons. The maximum absolute atomic E-state index is 12.7. The fraction of sp³-hybridized carbons (Fsp3) is 0.950. The zero-order valence-electron chi connectivity index (χ0n) is 30.6. The van der Waals surface area contributed by atoms with Gasteiger partial charge in [-0.05, 0) is 38.5 Å². The number of esters is 2. The van der Waals surface area contributed by atoms with Gasteiger partial charge in [-0.3, -0.25) is 9.59 Å². The van der Waals surface area contributed by atoms with Gasteiger partial charge in [0.2, 0.25) is 0 Å². The first-order valence-corrected chi connectivity index (χ1v) is 20.1. The number of hydrogen-bond acceptors (Lipinski definition) is 5. The largest absolute Gasteiger partial charge is 0.466 e. The van der Waals surface area contributed by atoms with Crippen molar-refractivity contribution in [3.05, 3.63) is 0 Å². The molecule has 0 amide bonds. The highest BCUT2D eigenvalue weighted by molar-refractivity contribution is 5.69. The van der Waals surface area contributed by atoms with Crippen LogP contribution < -0.4 is 0 Å². The lowest BCUT2D eigenvalue weighted by Gasteiger charge is -2.23. The molecular formula is C40H78O5. The van der Waals surface area contributed by atoms with Gasteiger partial charge < -0.3 is 14.6 Å². The van der Waals surface area contributed by atoms with Gasteiger partial charge in [0.25, 0.3) is 0 Å². The molecule has 0 spiro atoms. The van der Waals surface area contributed by atoms with Crippen LogP contribution in [0.2, 0.25) is 0 Å². The average Bonchev–Trinajstić information content (AvgIpc) is 3.03. The molecule has 0 aliphatic rings. The Morgan fingerprint density at radius 1 is 0.444 bits per heavy atom. The molecule has 5 nitrogen and oxygen atoms in total. The summed E-state index contributed by atoms with van der Waals surface area (Å²) in [5.74, 6) is -0.198. The van der Waals surface area contributed by atoms with Gasteiger partial charge in [0.1, 0.15) is 6.10 Å². The highest BCUT2D eigenvalue weighted by Crippen LogP contribution is 2.19. The van der Waals surface area contributed by atoms with Crippen molar-refractivity contribution < 1.29 is 24.2 Å². The van der Waals surface area contributed by atoms with Crippen LogP contribution in [0.4, 0.5) is 0 Å². The van der Waals surface area contributed by atoms with Crippen molar-refractivity contribution in [1.82, 2.24) is 0 Å². The second-order valence-corrected chi connectivity index (χ2v) is 13.7. The third-order valence-electron chi connectivity index (χ3n) is 9.18. The summed E-state index contributed by atoms with van der Waals surface area (Å²) in [6, 6.07) is 0. The average molecular weight is 639 g/mol. The summed E-state index contributed by atoms with van der Waals surface area (Å²) in [5, 5.41) is 11.0. The van der Waals surface area contributed by atoms with Crippen molar-refractivity contribution in [2.45, 2.75) is 238 Å². The predicted molar refractivity (Wildman–Crippen MR) is 192 cm³/mol. The molecule has 0 saturated heterocycles. The van der Waals surface area contributed by atoms with Crippen molar-refractivity contribution in [2.75, 3.05) is 6.61 Å². The van der Waals surface area contributed by atoms with Crippen molar-refractivity contribution >= 4 is 11.9 Å². The first-order chi connectivity index (χ1) is 22.0. The van der Waals surface area contributed by atoms with Crippen LogP contribution in [0.1, 0.15) is 226 Å². The standard InChI is InChI=1S/C40H78O5/c1-4-7-10-13-16-17-18-19-20-24-30-35-40(43)45-38(33-28-23-14-11-8-5-2)37(41)32-27-22-21-25-29-34-39(42)44-36-31-26-15-12-9-6-3/h37-38,41H,4-36H2,1-3H3. The zero-order valence-corrected chi connectivity index (χ0v) is 30.6. The lowest BCUT2D eigenvalue weighted by Crippen LogP contribution is -2.31. The summed E-state index contributed by atoms with van der Waals surface area (Å²) in [6.07, 6.45) is 34.6. The summed E-state index contributed by atoms with van der Waals surface area (Å²) < 4.78 is 11.3. The normalized spacial score (nSPS) is 12.7. The number of carbonyl (C=O) groups is 2. The second-order valence-electron chi connectivity index (χ2n) is 13.7. The third kappa shape index (κ3) is 32.6. The van der Waals surface area contributed by atoms with Gasteiger partial charge in [-0.1, -0.05) is 175 Å². The molecule has 0 aliphatic carbocycles. The van der Waals surface area contributed by atoms with Gasteiger partial charge in [-0.15, -0.1) is 0 Å². The smallest absolute Gasteiger partial charge is 0.306 e. The highest BCUT2D eigenvalue weighted by Gasteiger charge is 2.22. The van der Waals surface area contributed by atoms with E-state index in [1.165, 1.54) is 109 Å². The molecule has 0 aromatic carbocycles. The molecule has 0 fully saturated rings. The first-order valence-electron chi connectivity index (χ1n) is 20.1. The minimum absolute atomic E-state index is 0.0634. The number of carbonyl (C=O) groups excluding carboxylic acids is 2. The maximum atomic E-state index is 12.7. The molecule has 45 heavy (non-hydrogen) atoms. The van der Waals surface area contributed by atoms with E-state index in [0.717, 1.165) is 77.0 Å². The molecule has 0 heterocycles. The third-order valence-corrected chi connectivity index (χ3v) is 9.18. The van der Waals surface area contributed by atoms with Crippen molar-refractivity contribution in [3.8, 4) is 0 Å². The number of unbranched alkanes of at least 4 members (excludes halogenated alkanes) is 24. The Balaban J connectivity index is 4.12. The molecule has 0 aromatic heterocycles. The van der Waals surface area contributed by atoms with E-state index in [4.69, 9.17) is 9.47 Å². The molecule has 0 aliphatic heterocycles. The highest BCUT2D eigenvalue weighted by atomic mass is 16.6. The molecule has 0 bridgehead atoms. The van der Waals surface area contributed by atoms with E-state index in [2.05, 4.69) is 20.8 Å². The topological polar surface area (TPSA) is 72.8 Å². The molecule has 0 radical (unpaired) electrons. The van der Waals surface area contributed by atoms with Gasteiger partial charge in [0.05, 0.1) is 12.7 Å². The quantitative estimate of drug-likeness (QED) is 0.0546. The Morgan fingerprint density at radius 3 is 1.27 bits per heavy atom. The van der Waals surface area contributed by atoms with E-state index >= 15 is 0 Å². The zero-order chi connectivity index (χ0) is 33.1. The van der Waals surface area contributed by atoms with Crippen LogP contribution in [0, 0.1) is 0 Å². The van der Waals surface area contributed by atoms with Gasteiger partial charge in [0.15, 0.2) is 0 Å². The summed E-state index contributed by atoms with van der Waals surface area (Å²) in [6.45, 7) is 7.28. The Bertz CT molecular complexity index is 622. The Labute approximate surface area is 280 Å². The fourth-order valence-electron chi connectivity index (χ4n) is 6.10. The van der Waals surface area contributed by atoms with Crippen LogP contribution in [0.5, 0.6) is 0 Å². The number of aliphatic hydroxyl groups is 1. The summed E-state index contributed by atoms with van der Waals surface area (Å²) in [5.41, 5.74) is 0. The Hall–Kier alpha value is -1.10. The molecule has 5 heteroatoms. The van der Waals surface area contributed by atoms with Gasteiger partial charge in [-0.25, -0.2) is 0 Å². The van der Waals surface area contributed by atoms with E-state index < -0.39 is 6.10 Å². The van der Waals surface area contributed by atoms with E-state index in [9.17, 15) is 14.7 Å². The predicted octanol–water partition coefficient (Wildman–Crippen LogP) is 12.3. The van der Waals surface area contributed by atoms with Crippen LogP contribution in [-0.4, -0.2) is 35.9 Å². The molecule has 1 N–H and O–H groups in total. The van der Waals surface area contributed by atoms with Gasteiger partial charge >= 0.3 is 11.9 Å². The SMILES string of the molecule is CCCCCCCCCCCCCC(=O)OC(CCCCCCCC)C(O)CCCCCCCC(=O)OCCCCCCCC. The number of hydrogen-bond donors (Lipinski definition) is 1. The molecule has 0 rings (SSSR count). The van der Waals surface area contributed by atoms with Crippen molar-refractivity contribution in [1.29, 1.82) is 0 Å². The lowest BCUT2D eigenvalue weighted by molar-refractivity contribution is -0.156. The van der Waals surface area contributed by atoms with Crippen LogP contribution >= 0.6 is 0 Å². The first kappa shape index (κ1) is 43.9. The second kappa shape index (κ2) is 35.7. The lowest BCUT2D eigenvalue weighted by atomic mass is 9.99. The van der Waals surface area contributed by atoms with E-state index in [1.54, 1.807) is 0 Å². The molecule has 2 unspecified atom stereocenters. The van der Waals surface area contributed by atoms with Crippen molar-refractivity contribution in [2.24, 2.45) is 0 Å². The van der Waals surface area contributed by atoms with Crippen LogP contribution in [-0.2, 0) is 19.1 Å². The summed E-state index contributed by atoms with van der Waals surface area (Å²) in [4.78, 5) is 24.6. The van der Waals surface area contributed by atoms with Crippen LogP contribution in [0.3, 0.4) is 0 Å². The maximum Gasteiger partial charge on any atom is 0.306 e. The molecule has 2 atom stereocenters. The summed E-state index contributed by atoms with van der Waals surface area (Å²) >= 11 is 0. The molecule has 0 aromatic rings. The number of rotatable bonds is 36. The van der Waals surface area contributed by atoms with Crippen LogP contribution in [0.25, 0.3) is 0 Å². The summed E-state index contributed by atoms with van der Waals surface area (Å²) in [7, 11) is 0. The molecule has 0 saturated carbocycles. The monoisotopic (exact) mass is 639 g/mol. The molecular weight excluding hydrogens is 560 g/mol. The van der Waals surface area contributed by atoms with Crippen molar-refractivity contribution in [3.63, 3.8) is 0 Å². The van der Waals surface area contributed by atoms with Gasteiger partial charge in [-0.2, -0.15) is 0 Å². The van der Waals surface area contributed by atoms with Gasteiger partial charge in [0, 0.05) is 12.8 Å². The van der Waals surface area contributed by atoms with E-state index in [-0.39, 0.29) is 18.0 Å². The Morgan fingerprint density at radius 2 is 0.800 bits per heavy atom. The minimum atomic E-state index is -0.584. The number of aliphatic hydroxyl groups excluding tert-OH is 1. The van der Waals surface area contributed by atoms with Crippen LogP contribution in [0.15, 0.2) is 0 Å². The van der Waals surface area contributed by atoms with E-state index in [1.807, 2.05) is 0 Å². The Kier molecular flexibility index (Phi) is 34.9. The number of ether oxygens (including phenoxy) is 2. The minimum Gasteiger partial charge on any atom is -0.466 e. The fourth-order valence-corrected chi connectivity index (χ4v) is 6.10. The van der Waals surface area contributed by atoms with E-state index in [0.29, 0.717) is 25.9 Å².